The number of hydrogen-bond acceptors (Lipinski definition) is 7. The van der Waals surface area contributed by atoms with Crippen LogP contribution in [0.25, 0.3) is 11.1 Å². The first-order valence-electron chi connectivity index (χ1n) is 13.3. The lowest BCUT2D eigenvalue weighted by Gasteiger charge is -2.40. The van der Waals surface area contributed by atoms with Gasteiger partial charge in [0, 0.05) is 43.1 Å². The summed E-state index contributed by atoms with van der Waals surface area (Å²) in [5.41, 5.74) is 3.52. The monoisotopic (exact) mass is 530 g/mol. The van der Waals surface area contributed by atoms with Gasteiger partial charge in [0.15, 0.2) is 0 Å². The van der Waals surface area contributed by atoms with E-state index in [0.29, 0.717) is 17.6 Å². The van der Waals surface area contributed by atoms with Gasteiger partial charge in [0.25, 0.3) is 0 Å². The summed E-state index contributed by atoms with van der Waals surface area (Å²) in [6.45, 7) is 1.98. The van der Waals surface area contributed by atoms with Crippen molar-refractivity contribution in [2.45, 2.75) is 61.5 Å². The van der Waals surface area contributed by atoms with Gasteiger partial charge in [0.2, 0.25) is 10.0 Å². The minimum Gasteiger partial charge on any atom is -0.370 e. The van der Waals surface area contributed by atoms with Crippen molar-refractivity contribution in [1.29, 1.82) is 5.26 Å². The van der Waals surface area contributed by atoms with Crippen LogP contribution in [0.3, 0.4) is 0 Å². The molecular weight excluding hydrogens is 496 g/mol. The van der Waals surface area contributed by atoms with E-state index in [0.717, 1.165) is 55.7 Å². The second-order valence-electron chi connectivity index (χ2n) is 10.3. The maximum Gasteiger partial charge on any atom is 0.238 e. The molecule has 1 saturated carbocycles. The molecule has 0 radical (unpaired) electrons. The van der Waals surface area contributed by atoms with E-state index < -0.39 is 10.0 Å². The summed E-state index contributed by atoms with van der Waals surface area (Å²) in [7, 11) is -3.77. The highest BCUT2D eigenvalue weighted by molar-refractivity contribution is 7.89. The molecular formula is C29H34N6O2S. The van der Waals surface area contributed by atoms with Gasteiger partial charge in [0.1, 0.15) is 5.82 Å². The van der Waals surface area contributed by atoms with E-state index in [2.05, 4.69) is 26.6 Å². The van der Waals surface area contributed by atoms with Crippen molar-refractivity contribution in [3.05, 3.63) is 72.4 Å². The second kappa shape index (κ2) is 11.5. The van der Waals surface area contributed by atoms with Gasteiger partial charge < -0.3 is 15.5 Å². The Bertz CT molecular complexity index is 1400. The van der Waals surface area contributed by atoms with Gasteiger partial charge in [-0.05, 0) is 85.3 Å². The summed E-state index contributed by atoms with van der Waals surface area (Å²) >= 11 is 0. The van der Waals surface area contributed by atoms with E-state index in [9.17, 15) is 8.42 Å². The molecule has 2 heterocycles. The quantitative estimate of drug-likeness (QED) is 0.417. The molecule has 198 valence electrons. The third-order valence-corrected chi connectivity index (χ3v) is 8.50. The van der Waals surface area contributed by atoms with E-state index in [-0.39, 0.29) is 10.9 Å². The number of piperidine rings is 1. The van der Waals surface area contributed by atoms with E-state index in [1.807, 2.05) is 42.5 Å². The van der Waals surface area contributed by atoms with Crippen LogP contribution in [0.15, 0.2) is 71.8 Å². The molecule has 2 aliphatic rings. The Balaban J connectivity index is 1.26. The molecule has 0 bridgehead atoms. The molecule has 0 spiro atoms. The molecule has 3 atom stereocenters. The summed E-state index contributed by atoms with van der Waals surface area (Å²) in [6, 6.07) is 21.6. The van der Waals surface area contributed by atoms with E-state index in [1.165, 1.54) is 24.6 Å². The number of pyridine rings is 1. The molecule has 1 saturated heterocycles. The van der Waals surface area contributed by atoms with Crippen molar-refractivity contribution in [2.24, 2.45) is 5.14 Å². The number of sulfonamides is 1. The SMILES string of the molecule is N#Cc1ccc(N2CCC[C@H](N[C@@H]3CCCC[C@H]3Nc3cc(-c4cccc(S(N)(=O)=O)c4)ccn3)C2)cc1. The summed E-state index contributed by atoms with van der Waals surface area (Å²) in [5, 5.41) is 22.1. The molecule has 3 aromatic rings. The fraction of sp³-hybridized carbons (Fsp3) is 0.379. The number of benzene rings is 2. The van der Waals surface area contributed by atoms with Crippen LogP contribution in [-0.2, 0) is 10.0 Å². The number of nitrogens with zero attached hydrogens (tertiary/aromatic N) is 3. The van der Waals surface area contributed by atoms with Gasteiger partial charge in [-0.1, -0.05) is 25.0 Å². The molecule has 38 heavy (non-hydrogen) atoms. The van der Waals surface area contributed by atoms with Crippen LogP contribution in [0.5, 0.6) is 0 Å². The molecule has 5 rings (SSSR count). The van der Waals surface area contributed by atoms with Crippen LogP contribution in [0.2, 0.25) is 0 Å². The Morgan fingerprint density at radius 1 is 0.947 bits per heavy atom. The molecule has 8 nitrogen and oxygen atoms in total. The van der Waals surface area contributed by atoms with Crippen molar-refractivity contribution in [3.63, 3.8) is 0 Å². The maximum atomic E-state index is 11.8. The fourth-order valence-corrected chi connectivity index (χ4v) is 6.19. The summed E-state index contributed by atoms with van der Waals surface area (Å²) in [5.74, 6) is 0.782. The number of aromatic nitrogens is 1. The zero-order valence-electron chi connectivity index (χ0n) is 21.4. The highest BCUT2D eigenvalue weighted by Crippen LogP contribution is 2.28. The molecule has 0 unspecified atom stereocenters. The summed E-state index contributed by atoms with van der Waals surface area (Å²) < 4.78 is 23.6. The number of nitriles is 1. The third kappa shape index (κ3) is 6.33. The number of nitrogens with one attached hydrogen (secondary N) is 2. The predicted molar refractivity (Wildman–Crippen MR) is 150 cm³/mol. The molecule has 2 aromatic carbocycles. The average molecular weight is 531 g/mol. The Morgan fingerprint density at radius 3 is 2.47 bits per heavy atom. The molecule has 1 aliphatic heterocycles. The van der Waals surface area contributed by atoms with E-state index in [4.69, 9.17) is 10.4 Å². The number of rotatable bonds is 7. The second-order valence-corrected chi connectivity index (χ2v) is 11.8. The first kappa shape index (κ1) is 26.2. The molecule has 1 aromatic heterocycles. The normalized spacial score (nSPS) is 22.0. The van der Waals surface area contributed by atoms with Crippen LogP contribution in [0.4, 0.5) is 11.5 Å². The Morgan fingerprint density at radius 2 is 1.71 bits per heavy atom. The van der Waals surface area contributed by atoms with Gasteiger partial charge in [-0.15, -0.1) is 0 Å². The number of hydrogen-bond donors (Lipinski definition) is 3. The minimum atomic E-state index is -3.77. The lowest BCUT2D eigenvalue weighted by molar-refractivity contribution is 0.293. The fourth-order valence-electron chi connectivity index (χ4n) is 5.63. The van der Waals surface area contributed by atoms with Gasteiger partial charge in [-0.2, -0.15) is 5.26 Å². The largest absolute Gasteiger partial charge is 0.370 e. The van der Waals surface area contributed by atoms with Crippen LogP contribution < -0.4 is 20.7 Å². The van der Waals surface area contributed by atoms with Gasteiger partial charge in [-0.25, -0.2) is 18.5 Å². The van der Waals surface area contributed by atoms with Crippen LogP contribution in [0.1, 0.15) is 44.1 Å². The molecule has 9 heteroatoms. The highest BCUT2D eigenvalue weighted by Gasteiger charge is 2.29. The smallest absolute Gasteiger partial charge is 0.238 e. The zero-order chi connectivity index (χ0) is 26.5. The van der Waals surface area contributed by atoms with Gasteiger partial charge in [-0.3, -0.25) is 0 Å². The van der Waals surface area contributed by atoms with E-state index >= 15 is 0 Å². The number of nitrogens with two attached hydrogens (primary N) is 1. The number of primary sulfonamides is 1. The predicted octanol–water partition coefficient (Wildman–Crippen LogP) is 4.25. The van der Waals surface area contributed by atoms with Crippen LogP contribution in [0, 0.1) is 11.3 Å². The zero-order valence-corrected chi connectivity index (χ0v) is 22.2. The number of anilines is 2. The highest BCUT2D eigenvalue weighted by atomic mass is 32.2. The molecule has 2 fully saturated rings. The summed E-state index contributed by atoms with van der Waals surface area (Å²) in [4.78, 5) is 7.07. The van der Waals surface area contributed by atoms with Crippen LogP contribution >= 0.6 is 0 Å². The molecule has 4 N–H and O–H groups in total. The van der Waals surface area contributed by atoms with E-state index in [1.54, 1.807) is 18.3 Å². The molecule has 0 amide bonds. The Labute approximate surface area is 224 Å². The van der Waals surface area contributed by atoms with Gasteiger partial charge >= 0.3 is 0 Å². The van der Waals surface area contributed by atoms with Crippen molar-refractivity contribution < 1.29 is 8.42 Å². The van der Waals surface area contributed by atoms with Gasteiger partial charge in [0.05, 0.1) is 16.5 Å². The lowest BCUT2D eigenvalue weighted by atomic mass is 9.89. The van der Waals surface area contributed by atoms with Crippen molar-refractivity contribution >= 4 is 21.5 Å². The maximum absolute atomic E-state index is 11.8. The first-order valence-corrected chi connectivity index (χ1v) is 14.8. The lowest BCUT2D eigenvalue weighted by Crippen LogP contribution is -2.54. The topological polar surface area (TPSA) is 124 Å². The average Bonchev–Trinajstić information content (AvgIpc) is 2.94. The third-order valence-electron chi connectivity index (χ3n) is 7.59. The Kier molecular flexibility index (Phi) is 7.93. The molecule has 1 aliphatic carbocycles. The standard InChI is InChI=1S/C29H34N6O2S/c30-19-21-10-12-25(13-11-21)35-16-4-6-24(20-35)33-27-8-1-2-9-28(27)34-29-18-23(14-15-32-29)22-5-3-7-26(17-22)38(31,36)37/h3,5,7,10-15,17-18,24,27-28,33H,1-2,4,6,8-9,16,20H2,(H,32,34)(H2,31,36,37)/t24-,27+,28+/m0/s1. The minimum absolute atomic E-state index is 0.0976. The van der Waals surface area contributed by atoms with Crippen LogP contribution in [-0.4, -0.2) is 44.6 Å². The Hall–Kier alpha value is -3.45. The van der Waals surface area contributed by atoms with Crippen molar-refractivity contribution in [2.75, 3.05) is 23.3 Å². The van der Waals surface area contributed by atoms with Crippen molar-refractivity contribution in [1.82, 2.24) is 10.3 Å². The first-order chi connectivity index (χ1) is 18.4. The van der Waals surface area contributed by atoms with Crippen molar-refractivity contribution in [3.8, 4) is 17.2 Å². The summed E-state index contributed by atoms with van der Waals surface area (Å²) in [6.07, 6.45) is 8.58.